The van der Waals surface area contributed by atoms with Crippen molar-refractivity contribution in [3.8, 4) is 12.1 Å². The second-order valence-corrected chi connectivity index (χ2v) is 9.66. The maximum atomic E-state index is 9.70. The minimum Gasteiger partial charge on any atom is -0.354 e. The van der Waals surface area contributed by atoms with Crippen LogP contribution in [0.1, 0.15) is 42.1 Å². The van der Waals surface area contributed by atoms with Crippen molar-refractivity contribution in [1.82, 2.24) is 34.5 Å². The van der Waals surface area contributed by atoms with Crippen LogP contribution in [-0.2, 0) is 13.0 Å². The van der Waals surface area contributed by atoms with Crippen LogP contribution < -0.4 is 10.6 Å². The van der Waals surface area contributed by atoms with Crippen LogP contribution in [-0.4, -0.2) is 47.6 Å². The Labute approximate surface area is 236 Å². The maximum Gasteiger partial charge on any atom is 0.222 e. The third kappa shape index (κ3) is 8.03. The zero-order valence-electron chi connectivity index (χ0n) is 22.1. The lowest BCUT2D eigenvalue weighted by Crippen LogP contribution is -2.10. The number of aromatic nitrogens is 7. The van der Waals surface area contributed by atoms with Gasteiger partial charge in [0.25, 0.3) is 0 Å². The van der Waals surface area contributed by atoms with Gasteiger partial charge in [-0.05, 0) is 37.1 Å². The van der Waals surface area contributed by atoms with Crippen LogP contribution >= 0.6 is 11.3 Å². The molecule has 0 bridgehead atoms. The van der Waals surface area contributed by atoms with Gasteiger partial charge in [0.1, 0.15) is 10.9 Å². The SMILES string of the molecule is CCCNc1nccc(CC#N)n1.N#CC(c1ccnc(NCCCn2ccnc2)n1)c1nc2ccccc2s1. The van der Waals surface area contributed by atoms with E-state index in [4.69, 9.17) is 5.26 Å². The lowest BCUT2D eigenvalue weighted by Gasteiger charge is -2.09. The smallest absolute Gasteiger partial charge is 0.222 e. The number of thiazole rings is 1. The van der Waals surface area contributed by atoms with Gasteiger partial charge in [-0.2, -0.15) is 10.5 Å². The zero-order chi connectivity index (χ0) is 28.0. The van der Waals surface area contributed by atoms with Crippen molar-refractivity contribution in [3.63, 3.8) is 0 Å². The van der Waals surface area contributed by atoms with Gasteiger partial charge in [0.2, 0.25) is 11.9 Å². The summed E-state index contributed by atoms with van der Waals surface area (Å²) in [6, 6.07) is 15.8. The van der Waals surface area contributed by atoms with E-state index in [1.165, 1.54) is 11.3 Å². The van der Waals surface area contributed by atoms with E-state index in [-0.39, 0.29) is 0 Å². The van der Waals surface area contributed by atoms with Crippen molar-refractivity contribution in [3.05, 3.63) is 83.9 Å². The van der Waals surface area contributed by atoms with Crippen molar-refractivity contribution in [2.24, 2.45) is 0 Å². The third-order valence-corrected chi connectivity index (χ3v) is 6.70. The van der Waals surface area contributed by atoms with Gasteiger partial charge in [-0.15, -0.1) is 11.3 Å². The van der Waals surface area contributed by atoms with Gasteiger partial charge in [0, 0.05) is 44.4 Å². The van der Waals surface area contributed by atoms with E-state index in [1.54, 1.807) is 37.1 Å². The molecule has 12 heteroatoms. The number of hydrogen-bond donors (Lipinski definition) is 2. The second-order valence-electron chi connectivity index (χ2n) is 8.60. The summed E-state index contributed by atoms with van der Waals surface area (Å²) in [4.78, 5) is 25.6. The minimum atomic E-state index is -0.503. The average molecular weight is 552 g/mol. The molecule has 0 radical (unpaired) electrons. The van der Waals surface area contributed by atoms with E-state index >= 15 is 0 Å². The quantitative estimate of drug-likeness (QED) is 0.219. The van der Waals surface area contributed by atoms with Crippen molar-refractivity contribution in [2.75, 3.05) is 23.7 Å². The number of rotatable bonds is 11. The molecule has 0 spiro atoms. The summed E-state index contributed by atoms with van der Waals surface area (Å²) in [5.41, 5.74) is 2.32. The van der Waals surface area contributed by atoms with E-state index in [1.807, 2.05) is 41.1 Å². The Morgan fingerprint density at radius 3 is 2.50 bits per heavy atom. The van der Waals surface area contributed by atoms with Gasteiger partial charge in [-0.1, -0.05) is 19.1 Å². The van der Waals surface area contributed by atoms with Crippen LogP contribution in [0.5, 0.6) is 0 Å². The molecule has 11 nitrogen and oxygen atoms in total. The van der Waals surface area contributed by atoms with E-state index in [0.717, 1.165) is 53.4 Å². The third-order valence-electron chi connectivity index (χ3n) is 5.60. The summed E-state index contributed by atoms with van der Waals surface area (Å²) in [5.74, 6) is 0.631. The summed E-state index contributed by atoms with van der Waals surface area (Å²) in [7, 11) is 0. The maximum absolute atomic E-state index is 9.70. The van der Waals surface area contributed by atoms with Crippen LogP contribution in [0.2, 0.25) is 0 Å². The molecule has 0 aliphatic heterocycles. The summed E-state index contributed by atoms with van der Waals surface area (Å²) in [6.07, 6.45) is 11.1. The summed E-state index contributed by atoms with van der Waals surface area (Å²) >= 11 is 1.53. The van der Waals surface area contributed by atoms with Crippen LogP contribution in [0.3, 0.4) is 0 Å². The second kappa shape index (κ2) is 14.9. The Hall–Kier alpha value is -4.94. The fraction of sp³-hybridized carbons (Fsp3) is 0.286. The predicted molar refractivity (Wildman–Crippen MR) is 155 cm³/mol. The van der Waals surface area contributed by atoms with Gasteiger partial charge in [-0.25, -0.2) is 29.9 Å². The number of para-hydroxylation sites is 1. The molecule has 4 heterocycles. The molecule has 1 unspecified atom stereocenters. The average Bonchev–Trinajstić information content (AvgIpc) is 3.66. The predicted octanol–water partition coefficient (Wildman–Crippen LogP) is 4.81. The van der Waals surface area contributed by atoms with E-state index in [0.29, 0.717) is 24.0 Å². The highest BCUT2D eigenvalue weighted by Crippen LogP contribution is 2.30. The zero-order valence-corrected chi connectivity index (χ0v) is 22.9. The highest BCUT2D eigenvalue weighted by Gasteiger charge is 2.20. The number of aryl methyl sites for hydroxylation is 1. The Morgan fingerprint density at radius 2 is 1.75 bits per heavy atom. The molecule has 2 N–H and O–H groups in total. The molecule has 5 aromatic rings. The van der Waals surface area contributed by atoms with Gasteiger partial charge in [-0.3, -0.25) is 0 Å². The molecule has 1 aromatic carbocycles. The number of hydrogen-bond acceptors (Lipinski definition) is 11. The van der Waals surface area contributed by atoms with Gasteiger partial charge < -0.3 is 15.2 Å². The molecule has 4 aromatic heterocycles. The van der Waals surface area contributed by atoms with E-state index in [2.05, 4.69) is 53.5 Å². The van der Waals surface area contributed by atoms with Gasteiger partial charge in [0.05, 0.1) is 46.5 Å². The Balaban J connectivity index is 0.000000240. The summed E-state index contributed by atoms with van der Waals surface area (Å²) < 4.78 is 3.09. The molecule has 0 saturated heterocycles. The molecular weight excluding hydrogens is 522 g/mol. The highest BCUT2D eigenvalue weighted by molar-refractivity contribution is 7.18. The van der Waals surface area contributed by atoms with Crippen molar-refractivity contribution < 1.29 is 0 Å². The first kappa shape index (κ1) is 28.1. The topological polar surface area (TPSA) is 154 Å². The first-order chi connectivity index (χ1) is 19.7. The number of benzene rings is 1. The van der Waals surface area contributed by atoms with Crippen LogP contribution in [0.15, 0.2) is 67.5 Å². The van der Waals surface area contributed by atoms with Gasteiger partial charge >= 0.3 is 0 Å². The first-order valence-electron chi connectivity index (χ1n) is 12.9. The van der Waals surface area contributed by atoms with Crippen molar-refractivity contribution >= 4 is 33.5 Å². The van der Waals surface area contributed by atoms with Crippen LogP contribution in [0.25, 0.3) is 10.2 Å². The molecule has 1 atom stereocenters. The lowest BCUT2D eigenvalue weighted by atomic mass is 10.1. The molecule has 0 amide bonds. The Kier molecular flexibility index (Phi) is 10.4. The monoisotopic (exact) mass is 551 g/mol. The Bertz CT molecular complexity index is 1530. The number of nitrogens with one attached hydrogen (secondary N) is 2. The minimum absolute atomic E-state index is 0.337. The van der Waals surface area contributed by atoms with E-state index < -0.39 is 5.92 Å². The molecular formula is C28H29N11S. The number of imidazole rings is 1. The molecule has 40 heavy (non-hydrogen) atoms. The number of nitriles is 2. The van der Waals surface area contributed by atoms with Crippen molar-refractivity contribution in [2.45, 2.75) is 38.6 Å². The highest BCUT2D eigenvalue weighted by atomic mass is 32.1. The Morgan fingerprint density at radius 1 is 0.950 bits per heavy atom. The number of anilines is 2. The molecule has 5 rings (SSSR count). The standard InChI is InChI=1S/C19H17N7S.C9H12N4/c20-12-14(18-24-16-4-1-2-5-17(16)27-18)15-6-8-23-19(25-15)22-7-3-10-26-11-9-21-13-26;1-2-6-11-9-12-7-4-8(13-9)3-5-10/h1-2,4-6,8-9,11,13-14H,3,7,10H2,(H,22,23,25);4,7H,2-3,6H2,1H3,(H,11,12,13). The molecule has 0 fully saturated rings. The normalized spacial score (nSPS) is 11.1. The number of fused-ring (bicyclic) bond motifs is 1. The van der Waals surface area contributed by atoms with Crippen LogP contribution in [0.4, 0.5) is 11.9 Å². The molecule has 0 saturated carbocycles. The largest absolute Gasteiger partial charge is 0.354 e. The summed E-state index contributed by atoms with van der Waals surface area (Å²) in [5, 5.41) is 25.2. The van der Waals surface area contributed by atoms with Crippen molar-refractivity contribution in [1.29, 1.82) is 10.5 Å². The van der Waals surface area contributed by atoms with Crippen LogP contribution in [0, 0.1) is 22.7 Å². The lowest BCUT2D eigenvalue weighted by molar-refractivity contribution is 0.659. The fourth-order valence-electron chi connectivity index (χ4n) is 3.66. The van der Waals surface area contributed by atoms with Gasteiger partial charge in [0.15, 0.2) is 0 Å². The molecule has 202 valence electrons. The summed E-state index contributed by atoms with van der Waals surface area (Å²) in [6.45, 7) is 4.54. The molecule has 0 aliphatic carbocycles. The first-order valence-corrected chi connectivity index (χ1v) is 13.7. The fourth-order valence-corrected chi connectivity index (χ4v) is 4.68. The molecule has 0 aliphatic rings. The number of nitrogens with zero attached hydrogens (tertiary/aromatic N) is 9. The van der Waals surface area contributed by atoms with E-state index in [9.17, 15) is 5.26 Å².